The SMILES string of the molecule is COP(=O)(O)OCCCCCNC(=O)Cc1ccc2ccccc2c1-c1ccccc1. The van der Waals surface area contributed by atoms with Crippen LogP contribution in [0, 0.1) is 0 Å². The lowest BCUT2D eigenvalue weighted by Gasteiger charge is -2.14. The number of phosphoric acid groups is 1. The average molecular weight is 441 g/mol. The van der Waals surface area contributed by atoms with Gasteiger partial charge in [-0.15, -0.1) is 0 Å². The zero-order valence-corrected chi connectivity index (χ0v) is 18.5. The van der Waals surface area contributed by atoms with Gasteiger partial charge in [0.2, 0.25) is 5.91 Å². The summed E-state index contributed by atoms with van der Waals surface area (Å²) in [5.41, 5.74) is 3.19. The zero-order chi connectivity index (χ0) is 22.1. The van der Waals surface area contributed by atoms with Gasteiger partial charge in [-0.25, -0.2) is 4.57 Å². The Morgan fingerprint density at radius 2 is 1.71 bits per heavy atom. The zero-order valence-electron chi connectivity index (χ0n) is 17.6. The number of rotatable bonds is 11. The first kappa shape index (κ1) is 23.2. The van der Waals surface area contributed by atoms with Crippen LogP contribution >= 0.6 is 7.82 Å². The summed E-state index contributed by atoms with van der Waals surface area (Å²) in [6.07, 6.45) is 2.46. The molecule has 1 atom stereocenters. The van der Waals surface area contributed by atoms with Crippen molar-refractivity contribution in [2.24, 2.45) is 0 Å². The van der Waals surface area contributed by atoms with Crippen molar-refractivity contribution < 1.29 is 23.3 Å². The number of benzene rings is 3. The van der Waals surface area contributed by atoms with Gasteiger partial charge < -0.3 is 10.2 Å². The van der Waals surface area contributed by atoms with E-state index in [2.05, 4.69) is 40.2 Å². The second-order valence-corrected chi connectivity index (χ2v) is 8.82. The number of nitrogens with one attached hydrogen (secondary N) is 1. The third kappa shape index (κ3) is 6.74. The molecule has 0 spiro atoms. The van der Waals surface area contributed by atoms with Crippen LogP contribution in [0.5, 0.6) is 0 Å². The second-order valence-electron chi connectivity index (χ2n) is 7.26. The Bertz CT molecular complexity index is 1050. The second kappa shape index (κ2) is 11.2. The fourth-order valence-electron chi connectivity index (χ4n) is 3.51. The molecule has 3 rings (SSSR count). The van der Waals surface area contributed by atoms with Crippen LogP contribution in [-0.2, 0) is 24.8 Å². The van der Waals surface area contributed by atoms with E-state index in [0.29, 0.717) is 19.4 Å². The molecule has 7 heteroatoms. The molecule has 0 aliphatic rings. The van der Waals surface area contributed by atoms with Crippen molar-refractivity contribution in [3.05, 3.63) is 72.3 Å². The first-order chi connectivity index (χ1) is 15.0. The normalized spacial score (nSPS) is 13.1. The van der Waals surface area contributed by atoms with Gasteiger partial charge in [-0.1, -0.05) is 66.7 Å². The molecule has 0 aromatic heterocycles. The summed E-state index contributed by atoms with van der Waals surface area (Å²) in [5.74, 6) is -0.0250. The van der Waals surface area contributed by atoms with E-state index in [1.54, 1.807) is 0 Å². The summed E-state index contributed by atoms with van der Waals surface area (Å²) in [5, 5.41) is 5.25. The number of amides is 1. The lowest BCUT2D eigenvalue weighted by Crippen LogP contribution is -2.26. The average Bonchev–Trinajstić information content (AvgIpc) is 2.79. The van der Waals surface area contributed by atoms with Crippen molar-refractivity contribution in [1.29, 1.82) is 0 Å². The van der Waals surface area contributed by atoms with Gasteiger partial charge in [0.05, 0.1) is 13.0 Å². The summed E-state index contributed by atoms with van der Waals surface area (Å²) < 4.78 is 20.3. The molecule has 2 N–H and O–H groups in total. The molecule has 0 radical (unpaired) electrons. The van der Waals surface area contributed by atoms with E-state index in [0.717, 1.165) is 47.4 Å². The van der Waals surface area contributed by atoms with Crippen LogP contribution in [0.25, 0.3) is 21.9 Å². The van der Waals surface area contributed by atoms with Gasteiger partial charge in [0.15, 0.2) is 0 Å². The lowest BCUT2D eigenvalue weighted by atomic mass is 9.92. The van der Waals surface area contributed by atoms with Gasteiger partial charge in [0.1, 0.15) is 0 Å². The number of carbonyl (C=O) groups is 1. The summed E-state index contributed by atoms with van der Waals surface area (Å²) in [6.45, 7) is 0.696. The Morgan fingerprint density at radius 3 is 2.48 bits per heavy atom. The van der Waals surface area contributed by atoms with Crippen molar-refractivity contribution >= 4 is 24.5 Å². The summed E-state index contributed by atoms with van der Waals surface area (Å²) in [4.78, 5) is 21.7. The van der Waals surface area contributed by atoms with Crippen molar-refractivity contribution in [3.63, 3.8) is 0 Å². The van der Waals surface area contributed by atoms with Gasteiger partial charge in [0.25, 0.3) is 0 Å². The third-order valence-electron chi connectivity index (χ3n) is 5.06. The minimum atomic E-state index is -3.90. The molecule has 1 amide bonds. The highest BCUT2D eigenvalue weighted by molar-refractivity contribution is 7.47. The molecule has 6 nitrogen and oxygen atoms in total. The smallest absolute Gasteiger partial charge is 0.356 e. The Hall–Kier alpha value is -2.50. The van der Waals surface area contributed by atoms with E-state index >= 15 is 0 Å². The van der Waals surface area contributed by atoms with Crippen molar-refractivity contribution in [2.45, 2.75) is 25.7 Å². The molecule has 0 heterocycles. The number of hydrogen-bond acceptors (Lipinski definition) is 4. The minimum Gasteiger partial charge on any atom is -0.356 e. The van der Waals surface area contributed by atoms with Crippen LogP contribution in [0.15, 0.2) is 66.7 Å². The van der Waals surface area contributed by atoms with Crippen LogP contribution in [0.2, 0.25) is 0 Å². The maximum atomic E-state index is 12.6. The maximum absolute atomic E-state index is 12.6. The first-order valence-electron chi connectivity index (χ1n) is 10.4. The van der Waals surface area contributed by atoms with E-state index in [-0.39, 0.29) is 12.5 Å². The summed E-state index contributed by atoms with van der Waals surface area (Å²) in [6, 6.07) is 22.4. The van der Waals surface area contributed by atoms with Gasteiger partial charge in [0, 0.05) is 13.7 Å². The predicted octanol–water partition coefficient (Wildman–Crippen LogP) is 5.10. The molecular formula is C24H28NO5P. The van der Waals surface area contributed by atoms with Crippen molar-refractivity contribution in [2.75, 3.05) is 20.3 Å². The molecule has 31 heavy (non-hydrogen) atoms. The number of fused-ring (bicyclic) bond motifs is 1. The summed E-state index contributed by atoms with van der Waals surface area (Å²) in [7, 11) is -2.77. The Kier molecular flexibility index (Phi) is 8.38. The summed E-state index contributed by atoms with van der Waals surface area (Å²) >= 11 is 0. The highest BCUT2D eigenvalue weighted by Crippen LogP contribution is 2.41. The van der Waals surface area contributed by atoms with Crippen molar-refractivity contribution in [3.8, 4) is 11.1 Å². The highest BCUT2D eigenvalue weighted by atomic mass is 31.2. The van der Waals surface area contributed by atoms with E-state index < -0.39 is 7.82 Å². The topological polar surface area (TPSA) is 84.9 Å². The molecule has 0 saturated heterocycles. The predicted molar refractivity (Wildman–Crippen MR) is 123 cm³/mol. The maximum Gasteiger partial charge on any atom is 0.471 e. The van der Waals surface area contributed by atoms with E-state index in [4.69, 9.17) is 9.42 Å². The van der Waals surface area contributed by atoms with Crippen LogP contribution in [0.1, 0.15) is 24.8 Å². The Morgan fingerprint density at radius 1 is 0.968 bits per heavy atom. The van der Waals surface area contributed by atoms with Gasteiger partial charge in [-0.2, -0.15) is 0 Å². The van der Waals surface area contributed by atoms with E-state index in [1.165, 1.54) is 0 Å². The monoisotopic (exact) mass is 441 g/mol. The number of phosphoric ester groups is 1. The van der Waals surface area contributed by atoms with Crippen LogP contribution < -0.4 is 5.32 Å². The standard InChI is InChI=1S/C24H28NO5P/c1-29-31(27,28)30-17-9-3-8-16-25-23(26)18-21-15-14-19-10-6-7-13-22(19)24(21)20-11-4-2-5-12-20/h2,4-7,10-15H,3,8-9,16-18H2,1H3,(H,25,26)(H,27,28). The quantitative estimate of drug-likeness (QED) is 0.319. The van der Waals surface area contributed by atoms with Crippen LogP contribution in [-0.4, -0.2) is 31.1 Å². The molecule has 1 unspecified atom stereocenters. The first-order valence-corrected chi connectivity index (χ1v) is 11.9. The molecule has 0 aliphatic heterocycles. The highest BCUT2D eigenvalue weighted by Gasteiger charge is 2.17. The Balaban J connectivity index is 1.57. The number of unbranched alkanes of at least 4 members (excludes halogenated alkanes) is 2. The van der Waals surface area contributed by atoms with Crippen molar-refractivity contribution in [1.82, 2.24) is 5.32 Å². The minimum absolute atomic E-state index is 0.0250. The third-order valence-corrected chi connectivity index (χ3v) is 6.03. The van der Waals surface area contributed by atoms with Crippen LogP contribution in [0.4, 0.5) is 0 Å². The molecule has 3 aromatic carbocycles. The molecule has 0 aliphatic carbocycles. The fourth-order valence-corrected chi connectivity index (χ4v) is 3.97. The largest absolute Gasteiger partial charge is 0.471 e. The molecule has 0 bridgehead atoms. The lowest BCUT2D eigenvalue weighted by molar-refractivity contribution is -0.120. The molecular weight excluding hydrogens is 413 g/mol. The molecule has 0 saturated carbocycles. The van der Waals surface area contributed by atoms with Gasteiger partial charge in [-0.3, -0.25) is 13.8 Å². The fraction of sp³-hybridized carbons (Fsp3) is 0.292. The van der Waals surface area contributed by atoms with E-state index in [1.807, 2.05) is 36.4 Å². The molecule has 0 fully saturated rings. The number of carbonyl (C=O) groups excluding carboxylic acids is 1. The van der Waals surface area contributed by atoms with Gasteiger partial charge >= 0.3 is 7.82 Å². The van der Waals surface area contributed by atoms with Crippen LogP contribution in [0.3, 0.4) is 0 Å². The molecule has 164 valence electrons. The van der Waals surface area contributed by atoms with E-state index in [9.17, 15) is 9.36 Å². The van der Waals surface area contributed by atoms with Gasteiger partial charge in [-0.05, 0) is 46.7 Å². The Labute approximate surface area is 182 Å². The molecule has 3 aromatic rings. The number of hydrogen-bond donors (Lipinski definition) is 2.